The quantitative estimate of drug-likeness (QED) is 0.590. The summed E-state index contributed by atoms with van der Waals surface area (Å²) in [5, 5.41) is 18.2. The van der Waals surface area contributed by atoms with E-state index in [0.717, 1.165) is 5.56 Å². The molecule has 0 aliphatic heterocycles. The minimum atomic E-state index is -0.886. The van der Waals surface area contributed by atoms with Gasteiger partial charge in [0.1, 0.15) is 17.2 Å². The lowest BCUT2D eigenvalue weighted by Gasteiger charge is -2.08. The number of rotatable bonds is 6. The number of nitrogens with one attached hydrogen (secondary N) is 2. The Morgan fingerprint density at radius 1 is 1.32 bits per heavy atom. The molecular weight excluding hydrogens is 324 g/mol. The molecule has 0 bridgehead atoms. The maximum Gasteiger partial charge on any atom is 0.320 e. The number of aromatic nitrogens is 4. The van der Waals surface area contributed by atoms with E-state index >= 15 is 0 Å². The smallest absolute Gasteiger partial charge is 0.320 e. The standard InChI is InChI=1S/C16H18N6O3/c1-21-10-11(9-18-21)14-15(22-8-3-2-5-12(22)19-14)20-16(25)17-7-4-6-13(23)24/h2-3,5,8-10H,4,6-7H2,1H3,(H,23,24)(H2,17,20,25). The molecule has 0 spiro atoms. The summed E-state index contributed by atoms with van der Waals surface area (Å²) in [5.41, 5.74) is 2.09. The van der Waals surface area contributed by atoms with Crippen molar-refractivity contribution in [3.8, 4) is 11.3 Å². The topological polar surface area (TPSA) is 114 Å². The Labute approximate surface area is 143 Å². The summed E-state index contributed by atoms with van der Waals surface area (Å²) < 4.78 is 3.44. The van der Waals surface area contributed by atoms with E-state index in [9.17, 15) is 9.59 Å². The average Bonchev–Trinajstić information content (AvgIpc) is 3.16. The van der Waals surface area contributed by atoms with Crippen molar-refractivity contribution in [2.75, 3.05) is 11.9 Å². The van der Waals surface area contributed by atoms with Crippen LogP contribution in [0.1, 0.15) is 12.8 Å². The van der Waals surface area contributed by atoms with E-state index in [1.165, 1.54) is 0 Å². The fourth-order valence-corrected chi connectivity index (χ4v) is 2.45. The van der Waals surface area contributed by atoms with E-state index in [1.54, 1.807) is 15.3 Å². The molecule has 0 unspecified atom stereocenters. The number of amides is 2. The highest BCUT2D eigenvalue weighted by atomic mass is 16.4. The van der Waals surface area contributed by atoms with Crippen LogP contribution in [0.5, 0.6) is 0 Å². The van der Waals surface area contributed by atoms with Crippen molar-refractivity contribution in [1.82, 2.24) is 24.5 Å². The van der Waals surface area contributed by atoms with Gasteiger partial charge in [-0.3, -0.25) is 19.2 Å². The Kier molecular flexibility index (Phi) is 4.64. The summed E-state index contributed by atoms with van der Waals surface area (Å²) >= 11 is 0. The maximum atomic E-state index is 12.2. The van der Waals surface area contributed by atoms with Gasteiger partial charge in [-0.2, -0.15) is 5.10 Å². The number of urea groups is 1. The van der Waals surface area contributed by atoms with E-state index in [-0.39, 0.29) is 13.0 Å². The monoisotopic (exact) mass is 342 g/mol. The molecule has 3 rings (SSSR count). The highest BCUT2D eigenvalue weighted by Gasteiger charge is 2.17. The lowest BCUT2D eigenvalue weighted by molar-refractivity contribution is -0.137. The van der Waals surface area contributed by atoms with Crippen LogP contribution in [0.4, 0.5) is 10.6 Å². The van der Waals surface area contributed by atoms with Crippen molar-refractivity contribution in [1.29, 1.82) is 0 Å². The normalized spacial score (nSPS) is 10.8. The number of carboxylic acid groups (broad SMARTS) is 1. The third-order valence-corrected chi connectivity index (χ3v) is 3.59. The van der Waals surface area contributed by atoms with E-state index in [4.69, 9.17) is 5.11 Å². The van der Waals surface area contributed by atoms with Gasteiger partial charge >= 0.3 is 12.0 Å². The zero-order chi connectivity index (χ0) is 17.8. The average molecular weight is 342 g/mol. The van der Waals surface area contributed by atoms with Gasteiger partial charge in [-0.15, -0.1) is 0 Å². The Balaban J connectivity index is 1.82. The summed E-state index contributed by atoms with van der Waals surface area (Å²) in [4.78, 5) is 27.2. The van der Waals surface area contributed by atoms with Crippen molar-refractivity contribution < 1.29 is 14.7 Å². The Bertz CT molecular complexity index is 914. The number of aliphatic carboxylic acids is 1. The second kappa shape index (κ2) is 7.04. The molecule has 0 radical (unpaired) electrons. The molecule has 3 heterocycles. The maximum absolute atomic E-state index is 12.2. The van der Waals surface area contributed by atoms with Gasteiger partial charge in [-0.1, -0.05) is 6.07 Å². The van der Waals surface area contributed by atoms with Crippen LogP contribution in [0, 0.1) is 0 Å². The molecule has 0 atom stereocenters. The number of nitrogens with zero attached hydrogens (tertiary/aromatic N) is 4. The Morgan fingerprint density at radius 3 is 2.88 bits per heavy atom. The zero-order valence-corrected chi connectivity index (χ0v) is 13.6. The zero-order valence-electron chi connectivity index (χ0n) is 13.6. The van der Waals surface area contributed by atoms with E-state index < -0.39 is 12.0 Å². The third-order valence-electron chi connectivity index (χ3n) is 3.59. The minimum Gasteiger partial charge on any atom is -0.481 e. The summed E-state index contributed by atoms with van der Waals surface area (Å²) in [6.45, 7) is 0.275. The van der Waals surface area contributed by atoms with Crippen LogP contribution in [-0.2, 0) is 11.8 Å². The van der Waals surface area contributed by atoms with Crippen molar-refractivity contribution in [3.05, 3.63) is 36.8 Å². The second-order valence-corrected chi connectivity index (χ2v) is 5.52. The van der Waals surface area contributed by atoms with E-state index in [2.05, 4.69) is 20.7 Å². The van der Waals surface area contributed by atoms with Crippen molar-refractivity contribution in [2.45, 2.75) is 12.8 Å². The molecule has 3 aromatic rings. The molecule has 9 heteroatoms. The number of pyridine rings is 1. The number of carbonyl (C=O) groups excluding carboxylic acids is 1. The molecule has 3 N–H and O–H groups in total. The van der Waals surface area contributed by atoms with Gasteiger partial charge in [0.05, 0.1) is 6.20 Å². The summed E-state index contributed by atoms with van der Waals surface area (Å²) in [7, 11) is 1.81. The number of fused-ring (bicyclic) bond motifs is 1. The first-order chi connectivity index (χ1) is 12.0. The van der Waals surface area contributed by atoms with Crippen molar-refractivity contribution in [3.63, 3.8) is 0 Å². The van der Waals surface area contributed by atoms with Gasteiger partial charge in [-0.25, -0.2) is 9.78 Å². The van der Waals surface area contributed by atoms with Crippen LogP contribution < -0.4 is 10.6 Å². The van der Waals surface area contributed by atoms with Gasteiger partial charge in [0, 0.05) is 38.0 Å². The number of imidazole rings is 1. The predicted octanol–water partition coefficient (Wildman–Crippen LogP) is 1.72. The van der Waals surface area contributed by atoms with Gasteiger partial charge in [0.15, 0.2) is 0 Å². The molecule has 0 aromatic carbocycles. The van der Waals surface area contributed by atoms with E-state index in [1.807, 2.05) is 37.6 Å². The molecule has 0 aliphatic carbocycles. The SMILES string of the molecule is Cn1cc(-c2nc3ccccn3c2NC(=O)NCCCC(=O)O)cn1. The molecule has 0 fully saturated rings. The highest BCUT2D eigenvalue weighted by molar-refractivity contribution is 5.93. The van der Waals surface area contributed by atoms with Crippen molar-refractivity contribution >= 4 is 23.5 Å². The second-order valence-electron chi connectivity index (χ2n) is 5.52. The van der Waals surface area contributed by atoms with Gasteiger partial charge in [-0.05, 0) is 18.6 Å². The first-order valence-corrected chi connectivity index (χ1v) is 7.77. The third kappa shape index (κ3) is 3.77. The summed E-state index contributed by atoms with van der Waals surface area (Å²) in [5.74, 6) is -0.359. The van der Waals surface area contributed by atoms with E-state index in [0.29, 0.717) is 23.6 Å². The first-order valence-electron chi connectivity index (χ1n) is 7.77. The molecule has 0 aliphatic rings. The molecule has 3 aromatic heterocycles. The van der Waals surface area contributed by atoms with Crippen LogP contribution in [0.25, 0.3) is 16.9 Å². The highest BCUT2D eigenvalue weighted by Crippen LogP contribution is 2.28. The molecular formula is C16H18N6O3. The predicted molar refractivity (Wildman–Crippen MR) is 91.3 cm³/mol. The number of carbonyl (C=O) groups is 2. The minimum absolute atomic E-state index is 0.0107. The lowest BCUT2D eigenvalue weighted by Crippen LogP contribution is -2.30. The molecule has 25 heavy (non-hydrogen) atoms. The van der Waals surface area contributed by atoms with Crippen LogP contribution in [0.15, 0.2) is 36.8 Å². The van der Waals surface area contributed by atoms with Crippen LogP contribution in [0.3, 0.4) is 0 Å². The lowest BCUT2D eigenvalue weighted by atomic mass is 10.2. The summed E-state index contributed by atoms with van der Waals surface area (Å²) in [6, 6.07) is 5.14. The number of hydrogen-bond donors (Lipinski definition) is 3. The van der Waals surface area contributed by atoms with Crippen molar-refractivity contribution in [2.24, 2.45) is 7.05 Å². The molecule has 0 saturated carbocycles. The first kappa shape index (κ1) is 16.5. The van der Waals surface area contributed by atoms with Crippen LogP contribution in [-0.4, -0.2) is 42.8 Å². The van der Waals surface area contributed by atoms with Gasteiger partial charge in [0.25, 0.3) is 0 Å². The number of carboxylic acids is 1. The van der Waals surface area contributed by atoms with Crippen LogP contribution >= 0.6 is 0 Å². The Hall–Kier alpha value is -3.36. The molecule has 0 saturated heterocycles. The van der Waals surface area contributed by atoms with Crippen LogP contribution in [0.2, 0.25) is 0 Å². The van der Waals surface area contributed by atoms with Gasteiger partial charge in [0.2, 0.25) is 0 Å². The van der Waals surface area contributed by atoms with Gasteiger partial charge < -0.3 is 10.4 Å². The Morgan fingerprint density at radius 2 is 2.16 bits per heavy atom. The number of anilines is 1. The molecule has 2 amide bonds. The molecule has 130 valence electrons. The molecule has 9 nitrogen and oxygen atoms in total. The number of aryl methyl sites for hydroxylation is 1. The number of hydrogen-bond acceptors (Lipinski definition) is 4. The summed E-state index contributed by atoms with van der Waals surface area (Å²) in [6.07, 6.45) is 5.68. The largest absolute Gasteiger partial charge is 0.481 e. The fourth-order valence-electron chi connectivity index (χ4n) is 2.45. The fraction of sp³-hybridized carbons (Fsp3) is 0.250.